The Morgan fingerprint density at radius 3 is 2.64 bits per heavy atom. The van der Waals surface area contributed by atoms with Gasteiger partial charge in [-0.05, 0) is 48.9 Å². The lowest BCUT2D eigenvalue weighted by atomic mass is 9.80. The van der Waals surface area contributed by atoms with Crippen molar-refractivity contribution in [3.63, 3.8) is 0 Å². The summed E-state index contributed by atoms with van der Waals surface area (Å²) in [5.74, 6) is -0.285. The number of fused-ring (bicyclic) bond motifs is 1. The molecule has 1 N–H and O–H groups in total. The second-order valence-electron chi connectivity index (χ2n) is 9.27. The summed E-state index contributed by atoms with van der Waals surface area (Å²) in [6.45, 7) is 5.11. The van der Waals surface area contributed by atoms with Crippen LogP contribution >= 0.6 is 11.3 Å². The molecule has 3 heterocycles. The lowest BCUT2D eigenvalue weighted by molar-refractivity contribution is -0.124. The third-order valence-electron chi connectivity index (χ3n) is 7.27. The summed E-state index contributed by atoms with van der Waals surface area (Å²) in [5.41, 5.74) is 1.55. The molecule has 0 spiro atoms. The standard InChI is InChI=1S/C26H33N3O3S/c30-25(27-12-6-13-28-14-16-32-17-15-28)23-20-9-3-4-10-21(20)26(31)29(19-7-1-2-8-19)24(23)22-11-5-18-33-22/h3-5,9-11,18-19,23-24H,1-2,6-8,12-17H2,(H,27,30)/t23-,24-/m1/s1. The first kappa shape index (κ1) is 22.6. The van der Waals surface area contributed by atoms with Crippen molar-refractivity contribution in [2.75, 3.05) is 39.4 Å². The van der Waals surface area contributed by atoms with Crippen molar-refractivity contribution in [2.45, 2.75) is 50.1 Å². The Labute approximate surface area is 199 Å². The van der Waals surface area contributed by atoms with Gasteiger partial charge in [0.05, 0.1) is 25.2 Å². The zero-order chi connectivity index (χ0) is 22.6. The molecule has 1 saturated carbocycles. The van der Waals surface area contributed by atoms with Crippen LogP contribution in [0, 0.1) is 0 Å². The zero-order valence-electron chi connectivity index (χ0n) is 19.1. The van der Waals surface area contributed by atoms with Gasteiger partial charge in [-0.25, -0.2) is 0 Å². The molecule has 2 fully saturated rings. The smallest absolute Gasteiger partial charge is 0.254 e. The highest BCUT2D eigenvalue weighted by molar-refractivity contribution is 7.10. The molecular formula is C26H33N3O3S. The lowest BCUT2D eigenvalue weighted by Crippen LogP contribution is -2.50. The van der Waals surface area contributed by atoms with E-state index in [9.17, 15) is 9.59 Å². The van der Waals surface area contributed by atoms with Crippen LogP contribution in [-0.4, -0.2) is 67.0 Å². The van der Waals surface area contributed by atoms with Crippen molar-refractivity contribution in [1.29, 1.82) is 0 Å². The molecule has 2 aliphatic heterocycles. The fraction of sp³-hybridized carbons (Fsp3) is 0.538. The maximum atomic E-state index is 13.7. The number of morpholine rings is 1. The van der Waals surface area contributed by atoms with Gasteiger partial charge in [0.2, 0.25) is 5.91 Å². The number of nitrogens with one attached hydrogen (secondary N) is 1. The van der Waals surface area contributed by atoms with Gasteiger partial charge < -0.3 is 15.0 Å². The van der Waals surface area contributed by atoms with Gasteiger partial charge in [0.15, 0.2) is 0 Å². The number of nitrogens with zero attached hydrogens (tertiary/aromatic N) is 2. The molecule has 0 bridgehead atoms. The van der Waals surface area contributed by atoms with E-state index >= 15 is 0 Å². The molecule has 2 aromatic rings. The Morgan fingerprint density at radius 1 is 1.09 bits per heavy atom. The minimum absolute atomic E-state index is 0.0262. The third kappa shape index (κ3) is 4.72. The molecule has 7 heteroatoms. The molecular weight excluding hydrogens is 434 g/mol. The fourth-order valence-electron chi connectivity index (χ4n) is 5.63. The molecule has 176 valence electrons. The first-order chi connectivity index (χ1) is 16.2. The Balaban J connectivity index is 1.39. The van der Waals surface area contributed by atoms with Crippen LogP contribution < -0.4 is 5.32 Å². The summed E-state index contributed by atoms with van der Waals surface area (Å²) >= 11 is 1.64. The summed E-state index contributed by atoms with van der Waals surface area (Å²) < 4.78 is 5.42. The summed E-state index contributed by atoms with van der Waals surface area (Å²) in [6.07, 6.45) is 5.24. The summed E-state index contributed by atoms with van der Waals surface area (Å²) in [7, 11) is 0. The molecule has 0 radical (unpaired) electrons. The number of hydrogen-bond donors (Lipinski definition) is 1. The Bertz CT molecular complexity index is 951. The van der Waals surface area contributed by atoms with Gasteiger partial charge in [0, 0.05) is 36.1 Å². The molecule has 33 heavy (non-hydrogen) atoms. The van der Waals surface area contributed by atoms with Gasteiger partial charge in [-0.3, -0.25) is 14.5 Å². The molecule has 6 nitrogen and oxygen atoms in total. The Kier molecular flexibility index (Phi) is 7.09. The lowest BCUT2D eigenvalue weighted by Gasteiger charge is -2.44. The average Bonchev–Trinajstić information content (AvgIpc) is 3.57. The van der Waals surface area contributed by atoms with Gasteiger partial charge in [-0.15, -0.1) is 11.3 Å². The Hall–Kier alpha value is -2.22. The second kappa shape index (κ2) is 10.4. The van der Waals surface area contributed by atoms with E-state index < -0.39 is 0 Å². The third-order valence-corrected chi connectivity index (χ3v) is 8.21. The number of ether oxygens (including phenoxy) is 1. The van der Waals surface area contributed by atoms with Crippen LogP contribution in [0.4, 0.5) is 0 Å². The van der Waals surface area contributed by atoms with Gasteiger partial charge in [-0.2, -0.15) is 0 Å². The van der Waals surface area contributed by atoms with Gasteiger partial charge in [-0.1, -0.05) is 37.1 Å². The van der Waals surface area contributed by atoms with Crippen LogP contribution in [0.2, 0.25) is 0 Å². The van der Waals surface area contributed by atoms with Gasteiger partial charge in [0.25, 0.3) is 5.91 Å². The molecule has 2 atom stereocenters. The first-order valence-corrected chi connectivity index (χ1v) is 13.1. The molecule has 1 aromatic heterocycles. The minimum Gasteiger partial charge on any atom is -0.379 e. The average molecular weight is 468 g/mol. The molecule has 2 amide bonds. The van der Waals surface area contributed by atoms with E-state index in [0.29, 0.717) is 12.1 Å². The number of benzene rings is 1. The maximum Gasteiger partial charge on any atom is 0.254 e. The van der Waals surface area contributed by atoms with Crippen molar-refractivity contribution < 1.29 is 14.3 Å². The quantitative estimate of drug-likeness (QED) is 0.629. The van der Waals surface area contributed by atoms with Crippen LogP contribution in [0.5, 0.6) is 0 Å². The highest BCUT2D eigenvalue weighted by Crippen LogP contribution is 2.47. The van der Waals surface area contributed by atoms with Crippen molar-refractivity contribution >= 4 is 23.2 Å². The molecule has 5 rings (SSSR count). The number of rotatable bonds is 7. The molecule has 3 aliphatic rings. The molecule has 1 saturated heterocycles. The number of carbonyl (C=O) groups is 2. The largest absolute Gasteiger partial charge is 0.379 e. The minimum atomic E-state index is -0.387. The van der Waals surface area contributed by atoms with E-state index in [1.54, 1.807) is 11.3 Å². The summed E-state index contributed by atoms with van der Waals surface area (Å²) in [5, 5.41) is 5.27. The summed E-state index contributed by atoms with van der Waals surface area (Å²) in [6, 6.07) is 11.8. The van der Waals surface area contributed by atoms with Crippen LogP contribution in [0.25, 0.3) is 0 Å². The highest BCUT2D eigenvalue weighted by atomic mass is 32.1. The van der Waals surface area contributed by atoms with E-state index in [2.05, 4.69) is 21.2 Å². The Morgan fingerprint density at radius 2 is 1.88 bits per heavy atom. The molecule has 1 aromatic carbocycles. The van der Waals surface area contributed by atoms with Crippen LogP contribution in [-0.2, 0) is 9.53 Å². The molecule has 1 aliphatic carbocycles. The fourth-order valence-corrected chi connectivity index (χ4v) is 6.49. The van der Waals surface area contributed by atoms with Crippen molar-refractivity contribution in [1.82, 2.24) is 15.1 Å². The van der Waals surface area contributed by atoms with Crippen molar-refractivity contribution in [2.24, 2.45) is 0 Å². The van der Waals surface area contributed by atoms with Crippen LogP contribution in [0.15, 0.2) is 41.8 Å². The van der Waals surface area contributed by atoms with Crippen LogP contribution in [0.1, 0.15) is 64.9 Å². The van der Waals surface area contributed by atoms with E-state index in [1.807, 2.05) is 35.7 Å². The normalized spacial score (nSPS) is 24.1. The first-order valence-electron chi connectivity index (χ1n) is 12.3. The molecule has 0 unspecified atom stereocenters. The van der Waals surface area contributed by atoms with Crippen molar-refractivity contribution in [3.8, 4) is 0 Å². The van der Waals surface area contributed by atoms with E-state index in [-0.39, 0.29) is 29.8 Å². The van der Waals surface area contributed by atoms with E-state index in [0.717, 1.165) is 75.4 Å². The van der Waals surface area contributed by atoms with Gasteiger partial charge in [0.1, 0.15) is 0 Å². The maximum absolute atomic E-state index is 13.7. The topological polar surface area (TPSA) is 61.9 Å². The zero-order valence-corrected chi connectivity index (χ0v) is 19.9. The van der Waals surface area contributed by atoms with E-state index in [4.69, 9.17) is 4.74 Å². The second-order valence-corrected chi connectivity index (χ2v) is 10.3. The summed E-state index contributed by atoms with van der Waals surface area (Å²) in [4.78, 5) is 32.9. The number of thiophene rings is 1. The van der Waals surface area contributed by atoms with Crippen LogP contribution in [0.3, 0.4) is 0 Å². The highest BCUT2D eigenvalue weighted by Gasteiger charge is 2.47. The van der Waals surface area contributed by atoms with Crippen molar-refractivity contribution in [3.05, 3.63) is 57.8 Å². The predicted molar refractivity (Wildman–Crippen MR) is 130 cm³/mol. The van der Waals surface area contributed by atoms with E-state index in [1.165, 1.54) is 0 Å². The van der Waals surface area contributed by atoms with Gasteiger partial charge >= 0.3 is 0 Å². The number of amides is 2. The predicted octanol–water partition coefficient (Wildman–Crippen LogP) is 3.81. The number of carbonyl (C=O) groups excluding carboxylic acids is 2. The monoisotopic (exact) mass is 467 g/mol. The SMILES string of the molecule is O=C(NCCCN1CCOCC1)[C@@H]1c2ccccc2C(=O)N(C2CCCC2)[C@@H]1c1cccs1. The number of hydrogen-bond acceptors (Lipinski definition) is 5.